The number of nitrogens with zero attached hydrogens (tertiary/aromatic N) is 1. The van der Waals surface area contributed by atoms with Crippen molar-refractivity contribution in [2.24, 2.45) is 0 Å². The second-order valence-corrected chi connectivity index (χ2v) is 2.85. The van der Waals surface area contributed by atoms with E-state index < -0.39 is 5.97 Å². The molecule has 0 saturated heterocycles. The highest BCUT2D eigenvalue weighted by atomic mass is 35.5. The number of rotatable bonds is 1. The molecule has 1 aliphatic rings. The van der Waals surface area contributed by atoms with E-state index in [9.17, 15) is 4.79 Å². The Morgan fingerprint density at radius 1 is 1.73 bits per heavy atom. The first kappa shape index (κ1) is 8.43. The van der Waals surface area contributed by atoms with Crippen molar-refractivity contribution < 1.29 is 9.90 Å². The van der Waals surface area contributed by atoms with Crippen LogP contribution in [0.15, 0.2) is 22.9 Å². The second kappa shape index (κ2) is 3.15. The fraction of sp³-hybridized carbons (Fsp3) is 0.167. The largest absolute Gasteiger partial charge is 0.478 e. The molecule has 1 heterocycles. The standard InChI is InChI=1S/C6H5Cl2NO2/c7-5-1-2-9(8)3-4(5)6(10)11/h1-2H,3H2,(H,10,11). The Bertz CT molecular complexity index is 247. The van der Waals surface area contributed by atoms with Gasteiger partial charge in [0.15, 0.2) is 0 Å². The third kappa shape index (κ3) is 1.88. The molecule has 0 aliphatic carbocycles. The van der Waals surface area contributed by atoms with Crippen molar-refractivity contribution in [3.8, 4) is 0 Å². The monoisotopic (exact) mass is 193 g/mol. The summed E-state index contributed by atoms with van der Waals surface area (Å²) < 4.78 is 1.23. The third-order valence-corrected chi connectivity index (χ3v) is 1.82. The molecule has 0 atom stereocenters. The highest BCUT2D eigenvalue weighted by Crippen LogP contribution is 2.19. The van der Waals surface area contributed by atoms with Crippen molar-refractivity contribution in [2.45, 2.75) is 0 Å². The molecule has 0 aromatic carbocycles. The average molecular weight is 194 g/mol. The van der Waals surface area contributed by atoms with Crippen LogP contribution in [0.2, 0.25) is 0 Å². The van der Waals surface area contributed by atoms with E-state index in [2.05, 4.69) is 0 Å². The molecule has 1 rings (SSSR count). The van der Waals surface area contributed by atoms with E-state index in [4.69, 9.17) is 28.5 Å². The zero-order valence-corrected chi connectivity index (χ0v) is 6.93. The quantitative estimate of drug-likeness (QED) is 0.643. The van der Waals surface area contributed by atoms with Gasteiger partial charge in [-0.2, -0.15) is 0 Å². The van der Waals surface area contributed by atoms with Crippen molar-refractivity contribution in [3.63, 3.8) is 0 Å². The lowest BCUT2D eigenvalue weighted by atomic mass is 10.2. The van der Waals surface area contributed by atoms with Crippen LogP contribution in [0.3, 0.4) is 0 Å². The van der Waals surface area contributed by atoms with Gasteiger partial charge in [0.1, 0.15) is 0 Å². The molecule has 0 radical (unpaired) electrons. The SMILES string of the molecule is O=C(O)C1=C(Cl)C=CN(Cl)C1. The van der Waals surface area contributed by atoms with Crippen molar-refractivity contribution >= 4 is 29.3 Å². The van der Waals surface area contributed by atoms with E-state index in [-0.39, 0.29) is 17.2 Å². The van der Waals surface area contributed by atoms with Gasteiger partial charge in [-0.3, -0.25) is 4.42 Å². The van der Waals surface area contributed by atoms with Crippen LogP contribution in [-0.2, 0) is 4.79 Å². The van der Waals surface area contributed by atoms with Crippen LogP contribution < -0.4 is 0 Å². The van der Waals surface area contributed by atoms with Crippen molar-refractivity contribution in [1.82, 2.24) is 4.42 Å². The fourth-order valence-corrected chi connectivity index (χ4v) is 1.07. The minimum Gasteiger partial charge on any atom is -0.478 e. The molecular weight excluding hydrogens is 189 g/mol. The Balaban J connectivity index is 2.90. The molecule has 1 aliphatic heterocycles. The Hall–Kier alpha value is -0.670. The number of carboxylic acids is 1. The number of aliphatic carboxylic acids is 1. The van der Waals surface area contributed by atoms with Gasteiger partial charge in [0.25, 0.3) is 0 Å². The zero-order chi connectivity index (χ0) is 8.43. The van der Waals surface area contributed by atoms with Crippen molar-refractivity contribution in [3.05, 3.63) is 22.9 Å². The van der Waals surface area contributed by atoms with Gasteiger partial charge in [-0.1, -0.05) is 11.6 Å². The maximum atomic E-state index is 10.4. The molecule has 0 fully saturated rings. The highest BCUT2D eigenvalue weighted by Gasteiger charge is 2.16. The summed E-state index contributed by atoms with van der Waals surface area (Å²) in [4.78, 5) is 10.4. The van der Waals surface area contributed by atoms with Gasteiger partial charge < -0.3 is 5.11 Å². The first-order valence-corrected chi connectivity index (χ1v) is 3.55. The van der Waals surface area contributed by atoms with E-state index in [0.717, 1.165) is 0 Å². The number of hydrogen-bond donors (Lipinski definition) is 1. The third-order valence-electron chi connectivity index (χ3n) is 1.24. The molecule has 0 aromatic rings. The lowest BCUT2D eigenvalue weighted by Crippen LogP contribution is -2.18. The smallest absolute Gasteiger partial charge is 0.334 e. The Kier molecular flexibility index (Phi) is 2.42. The average Bonchev–Trinajstić information content (AvgIpc) is 1.94. The molecule has 0 spiro atoms. The van der Waals surface area contributed by atoms with E-state index in [1.165, 1.54) is 16.7 Å². The predicted molar refractivity (Wildman–Crippen MR) is 42.2 cm³/mol. The summed E-state index contributed by atoms with van der Waals surface area (Å²) in [6, 6.07) is 0. The highest BCUT2D eigenvalue weighted by molar-refractivity contribution is 6.33. The molecule has 0 aromatic heterocycles. The molecular formula is C6H5Cl2NO2. The maximum Gasteiger partial charge on any atom is 0.334 e. The molecule has 0 saturated carbocycles. The van der Waals surface area contributed by atoms with Crippen LogP contribution >= 0.6 is 23.4 Å². The molecule has 1 N–H and O–H groups in total. The molecule has 11 heavy (non-hydrogen) atoms. The summed E-state index contributed by atoms with van der Waals surface area (Å²) in [6.07, 6.45) is 2.96. The number of carbonyl (C=O) groups is 1. The van der Waals surface area contributed by atoms with Gasteiger partial charge >= 0.3 is 5.97 Å². The van der Waals surface area contributed by atoms with E-state index >= 15 is 0 Å². The molecule has 0 bridgehead atoms. The van der Waals surface area contributed by atoms with Gasteiger partial charge in [0, 0.05) is 18.0 Å². The van der Waals surface area contributed by atoms with Crippen LogP contribution in [0.1, 0.15) is 0 Å². The Labute approximate surface area is 73.6 Å². The van der Waals surface area contributed by atoms with Gasteiger partial charge in [0.05, 0.1) is 17.2 Å². The number of halogens is 2. The first-order valence-electron chi connectivity index (χ1n) is 2.84. The molecule has 60 valence electrons. The summed E-state index contributed by atoms with van der Waals surface area (Å²) in [5.74, 6) is -1.04. The lowest BCUT2D eigenvalue weighted by molar-refractivity contribution is -0.132. The Morgan fingerprint density at radius 2 is 2.36 bits per heavy atom. The van der Waals surface area contributed by atoms with E-state index in [1.54, 1.807) is 0 Å². The summed E-state index contributed by atoms with van der Waals surface area (Å²) in [5, 5.41) is 8.80. The van der Waals surface area contributed by atoms with Crippen molar-refractivity contribution in [2.75, 3.05) is 6.54 Å². The van der Waals surface area contributed by atoms with E-state index in [0.29, 0.717) is 0 Å². The minimum atomic E-state index is -1.04. The summed E-state index contributed by atoms with van der Waals surface area (Å²) in [5.41, 5.74) is 0.115. The number of hydrogen-bond acceptors (Lipinski definition) is 2. The van der Waals surface area contributed by atoms with Gasteiger partial charge in [-0.05, 0) is 6.08 Å². The summed E-state index contributed by atoms with van der Waals surface area (Å²) >= 11 is 11.1. The van der Waals surface area contributed by atoms with Crippen LogP contribution in [0, 0.1) is 0 Å². The molecule has 3 nitrogen and oxygen atoms in total. The van der Waals surface area contributed by atoms with Crippen molar-refractivity contribution in [1.29, 1.82) is 0 Å². The first-order chi connectivity index (χ1) is 5.11. The summed E-state index contributed by atoms with van der Waals surface area (Å²) in [6.45, 7) is 0.131. The van der Waals surface area contributed by atoms with Gasteiger partial charge in [-0.15, -0.1) is 0 Å². The fourth-order valence-electron chi connectivity index (χ4n) is 0.696. The zero-order valence-electron chi connectivity index (χ0n) is 5.42. The van der Waals surface area contributed by atoms with Crippen LogP contribution in [0.5, 0.6) is 0 Å². The number of allylic oxidation sites excluding steroid dienone is 2. The van der Waals surface area contributed by atoms with Crippen LogP contribution in [0.4, 0.5) is 0 Å². The second-order valence-electron chi connectivity index (χ2n) is 2.01. The van der Waals surface area contributed by atoms with Gasteiger partial charge in [-0.25, -0.2) is 4.79 Å². The maximum absolute atomic E-state index is 10.4. The number of carboxylic acid groups (broad SMARTS) is 1. The minimum absolute atomic E-state index is 0.115. The molecule has 0 amide bonds. The van der Waals surface area contributed by atoms with Crippen LogP contribution in [0.25, 0.3) is 0 Å². The van der Waals surface area contributed by atoms with Gasteiger partial charge in [0.2, 0.25) is 0 Å². The van der Waals surface area contributed by atoms with Crippen LogP contribution in [-0.4, -0.2) is 22.0 Å². The summed E-state index contributed by atoms with van der Waals surface area (Å²) in [7, 11) is 0. The normalized spacial score (nSPS) is 17.5. The topological polar surface area (TPSA) is 40.5 Å². The molecule has 5 heteroatoms. The molecule has 0 unspecified atom stereocenters. The van der Waals surface area contributed by atoms with E-state index in [1.807, 2.05) is 0 Å². The Morgan fingerprint density at radius 3 is 2.82 bits per heavy atom. The predicted octanol–water partition coefficient (Wildman–Crippen LogP) is 1.55. The lowest BCUT2D eigenvalue weighted by Gasteiger charge is -2.15.